The largest absolute Gasteiger partial charge is 0.394 e. The number of benzene rings is 2. The number of amides is 2. The summed E-state index contributed by atoms with van der Waals surface area (Å²) in [4.78, 5) is 28.9. The van der Waals surface area contributed by atoms with Crippen LogP contribution in [0, 0.1) is 0 Å². The quantitative estimate of drug-likeness (QED) is 0.385. The number of carbonyl (C=O) groups excluding carboxylic acids is 2. The molecule has 0 spiro atoms. The molecular formula is C15H12N4O4. The van der Waals surface area contributed by atoms with Gasteiger partial charge in [-0.3, -0.25) is 14.5 Å². The lowest BCUT2D eigenvalue weighted by molar-refractivity contribution is 0.0375. The second-order valence-electron chi connectivity index (χ2n) is 5.05. The van der Waals surface area contributed by atoms with Gasteiger partial charge in [0, 0.05) is 27.1 Å². The highest BCUT2D eigenvalue weighted by atomic mass is 16.3. The molecule has 8 nitrogen and oxygen atoms in total. The summed E-state index contributed by atoms with van der Waals surface area (Å²) in [5.74, 6) is -1.20. The van der Waals surface area contributed by atoms with Crippen LogP contribution in [0.25, 0.3) is 21.2 Å². The minimum absolute atomic E-state index is 0.263. The van der Waals surface area contributed by atoms with Crippen molar-refractivity contribution >= 4 is 28.3 Å². The molecule has 0 bridgehead atoms. The van der Waals surface area contributed by atoms with Gasteiger partial charge in [0.1, 0.15) is 0 Å². The summed E-state index contributed by atoms with van der Waals surface area (Å²) in [5.41, 5.74) is 9.48. The number of rotatable bonds is 4. The minimum Gasteiger partial charge on any atom is -0.394 e. The number of hydrogen-bond donors (Lipinski definition) is 2. The van der Waals surface area contributed by atoms with Crippen molar-refractivity contribution in [2.45, 2.75) is 6.04 Å². The van der Waals surface area contributed by atoms with Gasteiger partial charge in [0.2, 0.25) is 0 Å². The van der Waals surface area contributed by atoms with Crippen LogP contribution in [0.4, 0.5) is 5.69 Å². The van der Waals surface area contributed by atoms with E-state index >= 15 is 0 Å². The van der Waals surface area contributed by atoms with E-state index in [4.69, 9.17) is 5.53 Å². The third kappa shape index (κ3) is 2.13. The molecule has 1 aliphatic rings. The van der Waals surface area contributed by atoms with Crippen LogP contribution in [0.3, 0.4) is 0 Å². The van der Waals surface area contributed by atoms with E-state index in [9.17, 15) is 19.8 Å². The smallest absolute Gasteiger partial charge is 0.261 e. The zero-order valence-electron chi connectivity index (χ0n) is 11.9. The second kappa shape index (κ2) is 5.69. The van der Waals surface area contributed by atoms with Crippen molar-refractivity contribution in [1.82, 2.24) is 4.90 Å². The molecule has 0 atom stereocenters. The van der Waals surface area contributed by atoms with Gasteiger partial charge >= 0.3 is 0 Å². The predicted octanol–water partition coefficient (Wildman–Crippen LogP) is 1.73. The number of carbonyl (C=O) groups is 2. The fourth-order valence-corrected chi connectivity index (χ4v) is 2.79. The number of imide groups is 1. The normalized spacial score (nSPS) is 13.6. The second-order valence-corrected chi connectivity index (χ2v) is 5.05. The standard InChI is InChI=1S/C15H12N4O4/c16-18-17-12-5-4-11-13-9(12)2-1-3-10(13)14(22)19(15(11)23)8(6-20)7-21/h1-5,8,20-21H,6-7H2. The van der Waals surface area contributed by atoms with Crippen molar-refractivity contribution in [1.29, 1.82) is 0 Å². The summed E-state index contributed by atoms with van der Waals surface area (Å²) in [6.45, 7) is -1.06. The van der Waals surface area contributed by atoms with Crippen molar-refractivity contribution in [3.8, 4) is 0 Å². The van der Waals surface area contributed by atoms with Crippen molar-refractivity contribution in [3.05, 3.63) is 51.9 Å². The van der Waals surface area contributed by atoms with Gasteiger partial charge in [0.15, 0.2) is 0 Å². The van der Waals surface area contributed by atoms with E-state index in [0.29, 0.717) is 16.5 Å². The molecule has 0 saturated heterocycles. The third-order valence-corrected chi connectivity index (χ3v) is 3.86. The van der Waals surface area contributed by atoms with E-state index < -0.39 is 31.1 Å². The Balaban J connectivity index is 2.31. The Hall–Kier alpha value is -2.93. The molecule has 2 amide bonds. The maximum atomic E-state index is 12.6. The molecule has 0 aromatic heterocycles. The Morgan fingerprint density at radius 2 is 1.74 bits per heavy atom. The van der Waals surface area contributed by atoms with Crippen LogP contribution in [-0.4, -0.2) is 46.2 Å². The van der Waals surface area contributed by atoms with Crippen LogP contribution >= 0.6 is 0 Å². The van der Waals surface area contributed by atoms with Gasteiger partial charge in [0.05, 0.1) is 19.3 Å². The van der Waals surface area contributed by atoms with Crippen molar-refractivity contribution in [2.24, 2.45) is 5.11 Å². The van der Waals surface area contributed by atoms with E-state index in [1.54, 1.807) is 18.2 Å². The highest BCUT2D eigenvalue weighted by Gasteiger charge is 2.37. The number of aliphatic hydroxyl groups is 2. The maximum Gasteiger partial charge on any atom is 0.261 e. The van der Waals surface area contributed by atoms with E-state index in [1.807, 2.05) is 0 Å². The lowest BCUT2D eigenvalue weighted by Gasteiger charge is -2.32. The number of hydrogen-bond acceptors (Lipinski definition) is 5. The number of azide groups is 1. The van der Waals surface area contributed by atoms with Gasteiger partial charge in [-0.25, -0.2) is 0 Å². The molecule has 0 radical (unpaired) electrons. The summed E-state index contributed by atoms with van der Waals surface area (Å²) < 4.78 is 0. The van der Waals surface area contributed by atoms with Gasteiger partial charge < -0.3 is 10.2 Å². The molecule has 1 heterocycles. The van der Waals surface area contributed by atoms with Gasteiger partial charge in [-0.2, -0.15) is 0 Å². The molecule has 2 N–H and O–H groups in total. The van der Waals surface area contributed by atoms with E-state index in [2.05, 4.69) is 10.0 Å². The Morgan fingerprint density at radius 1 is 1.09 bits per heavy atom. The predicted molar refractivity (Wildman–Crippen MR) is 81.2 cm³/mol. The lowest BCUT2D eigenvalue weighted by Crippen LogP contribution is -2.50. The highest BCUT2D eigenvalue weighted by molar-refractivity contribution is 6.26. The summed E-state index contributed by atoms with van der Waals surface area (Å²) >= 11 is 0. The van der Waals surface area contributed by atoms with Crippen LogP contribution in [-0.2, 0) is 0 Å². The fraction of sp³-hybridized carbons (Fsp3) is 0.200. The van der Waals surface area contributed by atoms with Gasteiger partial charge in [-0.15, -0.1) is 0 Å². The Bertz CT molecular complexity index is 847. The number of nitrogens with zero attached hydrogens (tertiary/aromatic N) is 4. The SMILES string of the molecule is [N-]=[N+]=Nc1ccc2c3c(cccc13)C(=O)N(C(CO)CO)C2=O. The Labute approximate surface area is 130 Å². The first-order chi connectivity index (χ1) is 11.1. The third-order valence-electron chi connectivity index (χ3n) is 3.86. The van der Waals surface area contributed by atoms with Crippen LogP contribution in [0.2, 0.25) is 0 Å². The molecule has 23 heavy (non-hydrogen) atoms. The molecule has 0 fully saturated rings. The van der Waals surface area contributed by atoms with Crippen molar-refractivity contribution in [3.63, 3.8) is 0 Å². The molecule has 0 saturated carbocycles. The lowest BCUT2D eigenvalue weighted by atomic mass is 9.92. The van der Waals surface area contributed by atoms with Crippen molar-refractivity contribution < 1.29 is 19.8 Å². The van der Waals surface area contributed by atoms with Crippen LogP contribution < -0.4 is 0 Å². The molecule has 0 aliphatic carbocycles. The van der Waals surface area contributed by atoms with Crippen molar-refractivity contribution in [2.75, 3.05) is 13.2 Å². The first-order valence-electron chi connectivity index (χ1n) is 6.84. The van der Waals surface area contributed by atoms with Gasteiger partial charge in [0.25, 0.3) is 11.8 Å². The molecular weight excluding hydrogens is 300 g/mol. The number of aliphatic hydroxyl groups excluding tert-OH is 2. The van der Waals surface area contributed by atoms with E-state index in [-0.39, 0.29) is 11.1 Å². The fourth-order valence-electron chi connectivity index (χ4n) is 2.79. The molecule has 2 aromatic carbocycles. The molecule has 8 heteroatoms. The Morgan fingerprint density at radius 3 is 2.35 bits per heavy atom. The average Bonchev–Trinajstić information content (AvgIpc) is 2.57. The van der Waals surface area contributed by atoms with Crippen LogP contribution in [0.5, 0.6) is 0 Å². The average molecular weight is 312 g/mol. The first-order valence-corrected chi connectivity index (χ1v) is 6.84. The summed E-state index contributed by atoms with van der Waals surface area (Å²) in [5, 5.41) is 23.1. The maximum absolute atomic E-state index is 12.6. The minimum atomic E-state index is -1.00. The summed E-state index contributed by atoms with van der Waals surface area (Å²) in [6, 6.07) is 6.81. The molecule has 1 aliphatic heterocycles. The first kappa shape index (κ1) is 15.0. The molecule has 0 unspecified atom stereocenters. The van der Waals surface area contributed by atoms with Crippen LogP contribution in [0.1, 0.15) is 20.7 Å². The topological polar surface area (TPSA) is 127 Å². The molecule has 2 aromatic rings. The zero-order valence-corrected chi connectivity index (χ0v) is 11.9. The van der Waals surface area contributed by atoms with Gasteiger partial charge in [-0.1, -0.05) is 23.3 Å². The molecule has 3 rings (SSSR count). The Kier molecular flexibility index (Phi) is 3.71. The van der Waals surface area contributed by atoms with Gasteiger partial charge in [-0.05, 0) is 23.1 Å². The summed E-state index contributed by atoms with van der Waals surface area (Å²) in [6.07, 6.45) is 0. The zero-order chi connectivity index (χ0) is 16.6. The van der Waals surface area contributed by atoms with E-state index in [1.165, 1.54) is 12.1 Å². The highest BCUT2D eigenvalue weighted by Crippen LogP contribution is 2.36. The molecule has 116 valence electrons. The monoisotopic (exact) mass is 312 g/mol. The van der Waals surface area contributed by atoms with E-state index in [0.717, 1.165) is 4.90 Å². The summed E-state index contributed by atoms with van der Waals surface area (Å²) in [7, 11) is 0. The van der Waals surface area contributed by atoms with Crippen LogP contribution in [0.15, 0.2) is 35.4 Å².